The summed E-state index contributed by atoms with van der Waals surface area (Å²) >= 11 is 9.35. The Hall–Kier alpha value is -2.83. The van der Waals surface area contributed by atoms with Crippen LogP contribution in [-0.2, 0) is 9.59 Å². The molecule has 134 valence electrons. The fourth-order valence-electron chi connectivity index (χ4n) is 2.70. The van der Waals surface area contributed by atoms with E-state index in [1.54, 1.807) is 36.4 Å². The van der Waals surface area contributed by atoms with E-state index in [0.717, 1.165) is 10.0 Å². The third kappa shape index (κ3) is 3.54. The minimum atomic E-state index is -0.499. The van der Waals surface area contributed by atoms with E-state index in [0.29, 0.717) is 22.2 Å². The second-order valence-corrected chi connectivity index (χ2v) is 7.18. The first-order valence-corrected chi connectivity index (χ1v) is 9.17. The summed E-state index contributed by atoms with van der Waals surface area (Å²) in [6, 6.07) is 17.8. The van der Waals surface area contributed by atoms with Gasteiger partial charge in [0.1, 0.15) is 17.1 Å². The number of furan rings is 1. The van der Waals surface area contributed by atoms with E-state index in [9.17, 15) is 9.59 Å². The smallest absolute Gasteiger partial charge is 0.282 e. The number of anilines is 1. The van der Waals surface area contributed by atoms with Gasteiger partial charge >= 0.3 is 0 Å². The quantitative estimate of drug-likeness (QED) is 0.466. The summed E-state index contributed by atoms with van der Waals surface area (Å²) in [6.07, 6.45) is 1.44. The summed E-state index contributed by atoms with van der Waals surface area (Å²) in [4.78, 5) is 24.9. The predicted molar refractivity (Wildman–Crippen MR) is 107 cm³/mol. The molecule has 1 N–H and O–H groups in total. The minimum absolute atomic E-state index is 0.00770. The lowest BCUT2D eigenvalue weighted by Gasteiger charge is -2.14. The van der Waals surface area contributed by atoms with Crippen LogP contribution in [0.2, 0.25) is 5.02 Å². The largest absolute Gasteiger partial charge is 0.457 e. The Morgan fingerprint density at radius 2 is 1.81 bits per heavy atom. The maximum Gasteiger partial charge on any atom is 0.282 e. The summed E-state index contributed by atoms with van der Waals surface area (Å²) < 4.78 is 6.73. The van der Waals surface area contributed by atoms with E-state index in [1.165, 1.54) is 11.1 Å². The van der Waals surface area contributed by atoms with Gasteiger partial charge in [-0.15, -0.1) is 0 Å². The average molecular weight is 444 g/mol. The topological polar surface area (TPSA) is 62.6 Å². The zero-order valence-corrected chi connectivity index (χ0v) is 16.1. The van der Waals surface area contributed by atoms with Crippen LogP contribution in [0.4, 0.5) is 5.69 Å². The molecule has 2 heterocycles. The first-order chi connectivity index (χ1) is 13.0. The summed E-state index contributed by atoms with van der Waals surface area (Å²) in [7, 11) is 0. The van der Waals surface area contributed by atoms with Crippen molar-refractivity contribution >= 4 is 51.1 Å². The second-order valence-electron chi connectivity index (χ2n) is 5.83. The van der Waals surface area contributed by atoms with Crippen LogP contribution in [0.25, 0.3) is 17.4 Å². The van der Waals surface area contributed by atoms with Gasteiger partial charge in [-0.2, -0.15) is 0 Å². The van der Waals surface area contributed by atoms with Crippen molar-refractivity contribution in [3.63, 3.8) is 0 Å². The molecule has 0 saturated carbocycles. The summed E-state index contributed by atoms with van der Waals surface area (Å²) in [5.41, 5.74) is 3.91. The molecule has 1 aliphatic rings. The molecule has 0 atom stereocenters. The third-order valence-corrected chi connectivity index (χ3v) is 4.76. The molecule has 2 aromatic carbocycles. The van der Waals surface area contributed by atoms with E-state index in [1.807, 2.05) is 24.3 Å². The second kappa shape index (κ2) is 7.06. The van der Waals surface area contributed by atoms with Crippen LogP contribution in [0.3, 0.4) is 0 Å². The molecule has 0 aliphatic carbocycles. The van der Waals surface area contributed by atoms with Gasteiger partial charge in [-0.3, -0.25) is 15.0 Å². The zero-order chi connectivity index (χ0) is 19.0. The van der Waals surface area contributed by atoms with Gasteiger partial charge in [0.25, 0.3) is 11.8 Å². The number of halogens is 2. The molecule has 3 aromatic rings. The molecule has 1 saturated heterocycles. The van der Waals surface area contributed by atoms with Crippen LogP contribution in [0.15, 0.2) is 75.1 Å². The van der Waals surface area contributed by atoms with Gasteiger partial charge in [0.05, 0.1) is 5.69 Å². The molecule has 5 nitrogen and oxygen atoms in total. The number of nitrogens with one attached hydrogen (secondary N) is 1. The van der Waals surface area contributed by atoms with Crippen LogP contribution in [0.1, 0.15) is 5.76 Å². The van der Waals surface area contributed by atoms with E-state index in [2.05, 4.69) is 21.4 Å². The number of carbonyl (C=O) groups excluding carboxylic acids is 2. The summed E-state index contributed by atoms with van der Waals surface area (Å²) in [5.74, 6) is 0.0942. The fourth-order valence-corrected chi connectivity index (χ4v) is 3.15. The highest BCUT2D eigenvalue weighted by Gasteiger charge is 2.34. The normalized spacial score (nSPS) is 15.5. The monoisotopic (exact) mass is 442 g/mol. The van der Waals surface area contributed by atoms with Crippen LogP contribution < -0.4 is 10.4 Å². The van der Waals surface area contributed by atoms with Gasteiger partial charge in [0.2, 0.25) is 0 Å². The fraction of sp³-hybridized carbons (Fsp3) is 0. The Balaban J connectivity index is 1.61. The Kier molecular flexibility index (Phi) is 4.59. The van der Waals surface area contributed by atoms with E-state index >= 15 is 0 Å². The molecule has 2 amide bonds. The highest BCUT2D eigenvalue weighted by atomic mass is 79.9. The lowest BCUT2D eigenvalue weighted by molar-refractivity contribution is -0.117. The molecule has 27 heavy (non-hydrogen) atoms. The number of hydrogen-bond donors (Lipinski definition) is 1. The Morgan fingerprint density at radius 3 is 2.56 bits per heavy atom. The van der Waals surface area contributed by atoms with E-state index in [4.69, 9.17) is 16.0 Å². The van der Waals surface area contributed by atoms with Gasteiger partial charge in [0, 0.05) is 15.1 Å². The van der Waals surface area contributed by atoms with Crippen molar-refractivity contribution in [2.45, 2.75) is 0 Å². The highest BCUT2D eigenvalue weighted by Crippen LogP contribution is 2.27. The molecule has 1 aromatic heterocycles. The van der Waals surface area contributed by atoms with Crippen molar-refractivity contribution in [1.29, 1.82) is 0 Å². The summed E-state index contributed by atoms with van der Waals surface area (Å²) in [6.45, 7) is 0. The van der Waals surface area contributed by atoms with Gasteiger partial charge in [-0.05, 0) is 48.5 Å². The zero-order valence-electron chi connectivity index (χ0n) is 13.8. The molecule has 4 rings (SSSR count). The number of rotatable bonds is 3. The van der Waals surface area contributed by atoms with Crippen LogP contribution in [0, 0.1) is 0 Å². The lowest BCUT2D eigenvalue weighted by Crippen LogP contribution is -2.35. The molecule has 1 fully saturated rings. The number of hydrogen-bond acceptors (Lipinski definition) is 3. The molecule has 0 radical (unpaired) electrons. The standard InChI is InChI=1S/C20H12BrClN2O3/c21-13-6-4-12(5-7-13)18-9-8-16(27-18)11-17-19(25)23-24(20(17)26)15-3-1-2-14(22)10-15/h1-11H,(H,23,25)/b17-11-. The van der Waals surface area contributed by atoms with Crippen molar-refractivity contribution in [1.82, 2.24) is 5.43 Å². The predicted octanol–water partition coefficient (Wildman–Crippen LogP) is 4.82. The highest BCUT2D eigenvalue weighted by molar-refractivity contribution is 9.10. The first-order valence-electron chi connectivity index (χ1n) is 8.00. The minimum Gasteiger partial charge on any atom is -0.457 e. The van der Waals surface area contributed by atoms with Gasteiger partial charge in [-0.25, -0.2) is 5.01 Å². The van der Waals surface area contributed by atoms with E-state index < -0.39 is 11.8 Å². The molecule has 1 aliphatic heterocycles. The maximum absolute atomic E-state index is 12.6. The summed E-state index contributed by atoms with van der Waals surface area (Å²) in [5, 5.41) is 1.63. The van der Waals surface area contributed by atoms with Gasteiger partial charge < -0.3 is 4.42 Å². The van der Waals surface area contributed by atoms with Crippen LogP contribution in [0.5, 0.6) is 0 Å². The van der Waals surface area contributed by atoms with Gasteiger partial charge in [0.15, 0.2) is 0 Å². The third-order valence-electron chi connectivity index (χ3n) is 4.00. The van der Waals surface area contributed by atoms with Crippen molar-refractivity contribution in [3.8, 4) is 11.3 Å². The molecular weight excluding hydrogens is 432 g/mol. The molecule has 0 spiro atoms. The molecule has 0 bridgehead atoms. The van der Waals surface area contributed by atoms with Crippen molar-refractivity contribution < 1.29 is 14.0 Å². The van der Waals surface area contributed by atoms with E-state index in [-0.39, 0.29) is 5.57 Å². The number of hydrazine groups is 1. The molecule has 7 heteroatoms. The number of carbonyl (C=O) groups is 2. The molecular formula is C20H12BrClN2O3. The molecule has 0 unspecified atom stereocenters. The van der Waals surface area contributed by atoms with Crippen molar-refractivity contribution in [2.24, 2.45) is 0 Å². The Morgan fingerprint density at radius 1 is 1.04 bits per heavy atom. The Labute approximate surface area is 168 Å². The Bertz CT molecular complexity index is 1070. The van der Waals surface area contributed by atoms with Crippen molar-refractivity contribution in [3.05, 3.63) is 81.5 Å². The van der Waals surface area contributed by atoms with Crippen LogP contribution >= 0.6 is 27.5 Å². The lowest BCUT2D eigenvalue weighted by atomic mass is 10.2. The first kappa shape index (κ1) is 17.6. The van der Waals surface area contributed by atoms with Gasteiger partial charge in [-0.1, -0.05) is 45.7 Å². The maximum atomic E-state index is 12.6. The average Bonchev–Trinajstić information content (AvgIpc) is 3.23. The van der Waals surface area contributed by atoms with Crippen molar-refractivity contribution in [2.75, 3.05) is 5.01 Å². The number of amides is 2. The van der Waals surface area contributed by atoms with Crippen LogP contribution in [-0.4, -0.2) is 11.8 Å². The number of nitrogens with zero attached hydrogens (tertiary/aromatic N) is 1. The number of benzene rings is 2. The SMILES string of the molecule is O=C1NN(c2cccc(Cl)c2)C(=O)/C1=C\c1ccc(-c2ccc(Br)cc2)o1.